The average Bonchev–Trinajstić information content (AvgIpc) is 2.25. The van der Waals surface area contributed by atoms with Gasteiger partial charge in [0.15, 0.2) is 0 Å². The summed E-state index contributed by atoms with van der Waals surface area (Å²) in [5, 5.41) is 5.66. The van der Waals surface area contributed by atoms with Crippen LogP contribution < -0.4 is 10.6 Å². The number of hydrogen-bond acceptors (Lipinski definition) is 3. The van der Waals surface area contributed by atoms with Gasteiger partial charge in [0.1, 0.15) is 5.60 Å². The lowest BCUT2D eigenvalue weighted by atomic mass is 9.91. The van der Waals surface area contributed by atoms with E-state index in [1.165, 1.54) is 0 Å². The van der Waals surface area contributed by atoms with Gasteiger partial charge in [-0.25, -0.2) is 13.6 Å². The quantitative estimate of drug-likeness (QED) is 0.831. The van der Waals surface area contributed by atoms with Crippen molar-refractivity contribution in [2.75, 3.05) is 6.54 Å². The number of amides is 1. The molecule has 0 bridgehead atoms. The SMILES string of the molecule is CC(C)(C)OC(=O)N[C@H]1CC[C@H](NCC(F)F)CC1. The molecule has 1 aliphatic rings. The summed E-state index contributed by atoms with van der Waals surface area (Å²) in [6.45, 7) is 5.20. The molecule has 4 nitrogen and oxygen atoms in total. The first-order valence-electron chi connectivity index (χ1n) is 6.77. The van der Waals surface area contributed by atoms with E-state index in [4.69, 9.17) is 4.74 Å². The maximum absolute atomic E-state index is 12.1. The summed E-state index contributed by atoms with van der Waals surface area (Å²) >= 11 is 0. The molecule has 0 radical (unpaired) electrons. The zero-order valence-electron chi connectivity index (χ0n) is 11.8. The largest absolute Gasteiger partial charge is 0.444 e. The maximum Gasteiger partial charge on any atom is 0.407 e. The van der Waals surface area contributed by atoms with Gasteiger partial charge < -0.3 is 15.4 Å². The van der Waals surface area contributed by atoms with Crippen molar-refractivity contribution >= 4 is 6.09 Å². The lowest BCUT2D eigenvalue weighted by Gasteiger charge is -2.30. The number of ether oxygens (including phenoxy) is 1. The van der Waals surface area contributed by atoms with E-state index in [1.54, 1.807) is 0 Å². The Kier molecular flexibility index (Phi) is 5.97. The molecule has 1 amide bonds. The van der Waals surface area contributed by atoms with Crippen LogP contribution in [0.1, 0.15) is 46.5 Å². The van der Waals surface area contributed by atoms with Gasteiger partial charge in [0.05, 0.1) is 6.54 Å². The Bertz CT molecular complexity index is 285. The highest BCUT2D eigenvalue weighted by atomic mass is 19.3. The number of alkyl carbamates (subject to hydrolysis) is 1. The Labute approximate surface area is 113 Å². The predicted octanol–water partition coefficient (Wildman–Crippen LogP) is 2.68. The Morgan fingerprint density at radius 1 is 1.21 bits per heavy atom. The van der Waals surface area contributed by atoms with E-state index in [0.29, 0.717) is 0 Å². The van der Waals surface area contributed by atoms with Crippen LogP contribution in [0.2, 0.25) is 0 Å². The van der Waals surface area contributed by atoms with Crippen LogP contribution >= 0.6 is 0 Å². The molecule has 19 heavy (non-hydrogen) atoms. The van der Waals surface area contributed by atoms with E-state index in [2.05, 4.69) is 10.6 Å². The second kappa shape index (κ2) is 7.03. The fourth-order valence-corrected chi connectivity index (χ4v) is 2.17. The lowest BCUT2D eigenvalue weighted by molar-refractivity contribution is 0.0489. The number of carbonyl (C=O) groups excluding carboxylic acids is 1. The fourth-order valence-electron chi connectivity index (χ4n) is 2.17. The van der Waals surface area contributed by atoms with Crippen LogP contribution in [0.3, 0.4) is 0 Å². The van der Waals surface area contributed by atoms with Crippen molar-refractivity contribution in [2.45, 2.75) is 70.6 Å². The zero-order valence-corrected chi connectivity index (χ0v) is 11.8. The highest BCUT2D eigenvalue weighted by Crippen LogP contribution is 2.19. The second-order valence-electron chi connectivity index (χ2n) is 5.99. The van der Waals surface area contributed by atoms with Crippen LogP contribution in [-0.2, 0) is 4.74 Å². The van der Waals surface area contributed by atoms with Crippen LogP contribution in [0.15, 0.2) is 0 Å². The lowest BCUT2D eigenvalue weighted by Crippen LogP contribution is -2.44. The van der Waals surface area contributed by atoms with Crippen LogP contribution in [0.25, 0.3) is 0 Å². The first-order chi connectivity index (χ1) is 8.76. The van der Waals surface area contributed by atoms with E-state index < -0.39 is 18.1 Å². The molecule has 1 rings (SSSR count). The molecule has 0 atom stereocenters. The number of hydrogen-bond donors (Lipinski definition) is 2. The van der Waals surface area contributed by atoms with Crippen molar-refractivity contribution in [1.29, 1.82) is 0 Å². The summed E-state index contributed by atoms with van der Waals surface area (Å²) in [7, 11) is 0. The molecule has 0 aromatic rings. The Morgan fingerprint density at radius 2 is 1.74 bits per heavy atom. The van der Waals surface area contributed by atoms with Gasteiger partial charge in [0.2, 0.25) is 0 Å². The van der Waals surface area contributed by atoms with Gasteiger partial charge in [-0.2, -0.15) is 0 Å². The van der Waals surface area contributed by atoms with E-state index in [-0.39, 0.29) is 18.6 Å². The minimum atomic E-state index is -2.31. The molecule has 0 spiro atoms. The first-order valence-corrected chi connectivity index (χ1v) is 6.77. The molecule has 0 aromatic carbocycles. The zero-order chi connectivity index (χ0) is 14.5. The third-order valence-corrected chi connectivity index (χ3v) is 3.01. The van der Waals surface area contributed by atoms with Crippen molar-refractivity contribution in [1.82, 2.24) is 10.6 Å². The molecule has 1 fully saturated rings. The summed E-state index contributed by atoms with van der Waals surface area (Å²) in [5.41, 5.74) is -0.500. The van der Waals surface area contributed by atoms with Gasteiger partial charge in [-0.15, -0.1) is 0 Å². The molecule has 112 valence electrons. The molecular weight excluding hydrogens is 254 g/mol. The third kappa shape index (κ3) is 7.30. The van der Waals surface area contributed by atoms with Crippen molar-refractivity contribution in [3.05, 3.63) is 0 Å². The number of nitrogens with one attached hydrogen (secondary N) is 2. The van der Waals surface area contributed by atoms with Crippen molar-refractivity contribution < 1.29 is 18.3 Å². The Hall–Kier alpha value is -0.910. The molecule has 0 saturated heterocycles. The number of alkyl halides is 2. The number of rotatable bonds is 4. The van der Waals surface area contributed by atoms with Gasteiger partial charge in [0, 0.05) is 12.1 Å². The van der Waals surface area contributed by atoms with Gasteiger partial charge >= 0.3 is 6.09 Å². The molecule has 1 saturated carbocycles. The average molecular weight is 278 g/mol. The fraction of sp³-hybridized carbons (Fsp3) is 0.923. The van der Waals surface area contributed by atoms with Gasteiger partial charge in [-0.05, 0) is 46.5 Å². The summed E-state index contributed by atoms with van der Waals surface area (Å²) in [6, 6.07) is 0.213. The van der Waals surface area contributed by atoms with E-state index in [1.807, 2.05) is 20.8 Å². The van der Waals surface area contributed by atoms with Gasteiger partial charge in [0.25, 0.3) is 6.43 Å². The molecule has 6 heteroatoms. The van der Waals surface area contributed by atoms with Crippen molar-refractivity contribution in [2.24, 2.45) is 0 Å². The normalized spacial score (nSPS) is 24.3. The Morgan fingerprint density at radius 3 is 2.21 bits per heavy atom. The third-order valence-electron chi connectivity index (χ3n) is 3.01. The highest BCUT2D eigenvalue weighted by molar-refractivity contribution is 5.68. The Balaban J connectivity index is 2.21. The summed E-state index contributed by atoms with van der Waals surface area (Å²) in [5.74, 6) is 0. The van der Waals surface area contributed by atoms with E-state index in [0.717, 1.165) is 25.7 Å². The smallest absolute Gasteiger partial charge is 0.407 e. The highest BCUT2D eigenvalue weighted by Gasteiger charge is 2.24. The number of carbonyl (C=O) groups is 1. The number of halogens is 2. The minimum absolute atomic E-state index is 0.0828. The second-order valence-corrected chi connectivity index (χ2v) is 5.99. The molecule has 1 aliphatic carbocycles. The van der Waals surface area contributed by atoms with Gasteiger partial charge in [-0.1, -0.05) is 0 Å². The molecule has 0 aliphatic heterocycles. The first kappa shape index (κ1) is 16.1. The summed E-state index contributed by atoms with van der Waals surface area (Å²) < 4.78 is 29.3. The predicted molar refractivity (Wildman–Crippen MR) is 69.4 cm³/mol. The van der Waals surface area contributed by atoms with E-state index >= 15 is 0 Å². The summed E-state index contributed by atoms with van der Waals surface area (Å²) in [6.07, 6.45) is 0.467. The van der Waals surface area contributed by atoms with Crippen LogP contribution in [0, 0.1) is 0 Å². The van der Waals surface area contributed by atoms with Crippen molar-refractivity contribution in [3.63, 3.8) is 0 Å². The molecule has 0 unspecified atom stereocenters. The van der Waals surface area contributed by atoms with Gasteiger partial charge in [-0.3, -0.25) is 0 Å². The molecule has 2 N–H and O–H groups in total. The monoisotopic (exact) mass is 278 g/mol. The van der Waals surface area contributed by atoms with Crippen LogP contribution in [0.4, 0.5) is 13.6 Å². The standard InChI is InChI=1S/C13H24F2N2O2/c1-13(2,3)19-12(18)17-10-6-4-9(5-7-10)16-8-11(14)15/h9-11,16H,4-8H2,1-3H3,(H,17,18)/t9-,10-. The van der Waals surface area contributed by atoms with E-state index in [9.17, 15) is 13.6 Å². The summed E-state index contributed by atoms with van der Waals surface area (Å²) in [4.78, 5) is 11.6. The minimum Gasteiger partial charge on any atom is -0.444 e. The topological polar surface area (TPSA) is 50.4 Å². The van der Waals surface area contributed by atoms with Crippen LogP contribution in [0.5, 0.6) is 0 Å². The molecule has 0 aromatic heterocycles. The van der Waals surface area contributed by atoms with Crippen molar-refractivity contribution in [3.8, 4) is 0 Å². The molecule has 0 heterocycles. The molecular formula is C13H24F2N2O2. The maximum atomic E-state index is 12.1. The van der Waals surface area contributed by atoms with Crippen LogP contribution in [-0.4, -0.2) is 36.7 Å².